The molecule has 0 unspecified atom stereocenters. The van der Waals surface area contributed by atoms with Crippen molar-refractivity contribution in [2.45, 2.75) is 51.5 Å². The maximum Gasteiger partial charge on any atom is 0.303 e. The van der Waals surface area contributed by atoms with Gasteiger partial charge in [0.05, 0.1) is 6.61 Å². The van der Waals surface area contributed by atoms with Gasteiger partial charge in [0.1, 0.15) is 20.8 Å². The molecular formula is C22H26O4Si. The summed E-state index contributed by atoms with van der Waals surface area (Å²) in [6.45, 7) is 8.67. The summed E-state index contributed by atoms with van der Waals surface area (Å²) in [5.74, 6) is 8.75. The Balaban J connectivity index is 1.96. The quantitative estimate of drug-likeness (QED) is 0.263. The molecule has 0 radical (unpaired) electrons. The molecule has 0 spiro atoms. The van der Waals surface area contributed by atoms with E-state index in [0.29, 0.717) is 6.61 Å². The highest BCUT2D eigenvalue weighted by molar-refractivity contribution is 6.83. The van der Waals surface area contributed by atoms with Crippen LogP contribution in [0, 0.1) is 23.3 Å². The van der Waals surface area contributed by atoms with Gasteiger partial charge in [0, 0.05) is 6.92 Å². The fourth-order valence-electron chi connectivity index (χ4n) is 2.31. The highest BCUT2D eigenvalue weighted by Gasteiger charge is 2.27. The molecule has 1 aromatic rings. The Hall–Kier alpha value is -2.31. The molecule has 0 amide bonds. The fourth-order valence-corrected chi connectivity index (χ4v) is 2.88. The number of benzene rings is 1. The van der Waals surface area contributed by atoms with Gasteiger partial charge in [-0.2, -0.15) is 0 Å². The van der Waals surface area contributed by atoms with Crippen LogP contribution in [0.25, 0.3) is 0 Å². The second-order valence-corrected chi connectivity index (χ2v) is 12.0. The lowest BCUT2D eigenvalue weighted by Gasteiger charge is -2.26. The van der Waals surface area contributed by atoms with Crippen molar-refractivity contribution < 1.29 is 19.0 Å². The van der Waals surface area contributed by atoms with Crippen LogP contribution in [0.15, 0.2) is 42.5 Å². The van der Waals surface area contributed by atoms with E-state index in [9.17, 15) is 4.79 Å². The van der Waals surface area contributed by atoms with Gasteiger partial charge in [0.15, 0.2) is 12.2 Å². The second kappa shape index (κ2) is 10.1. The highest BCUT2D eigenvalue weighted by atomic mass is 28.3. The predicted molar refractivity (Wildman–Crippen MR) is 108 cm³/mol. The lowest BCUT2D eigenvalue weighted by Crippen LogP contribution is -2.37. The van der Waals surface area contributed by atoms with Gasteiger partial charge in [-0.15, -0.1) is 5.54 Å². The van der Waals surface area contributed by atoms with Gasteiger partial charge in [-0.05, 0) is 17.7 Å². The normalized spacial score (nSPS) is 21.4. The summed E-state index contributed by atoms with van der Waals surface area (Å²) in [5, 5.41) is 0. The Morgan fingerprint density at radius 1 is 1.15 bits per heavy atom. The number of rotatable bonds is 4. The molecule has 0 bridgehead atoms. The maximum absolute atomic E-state index is 11.3. The Bertz CT molecular complexity index is 772. The first-order valence-corrected chi connectivity index (χ1v) is 12.5. The molecule has 0 aromatic heterocycles. The van der Waals surface area contributed by atoms with E-state index in [0.717, 1.165) is 5.56 Å². The molecule has 0 saturated carbocycles. The molecule has 2 rings (SSSR count). The van der Waals surface area contributed by atoms with E-state index in [1.165, 1.54) is 6.92 Å². The van der Waals surface area contributed by atoms with Crippen LogP contribution in [-0.2, 0) is 25.6 Å². The van der Waals surface area contributed by atoms with Crippen LogP contribution < -0.4 is 0 Å². The van der Waals surface area contributed by atoms with Crippen molar-refractivity contribution in [1.82, 2.24) is 0 Å². The summed E-state index contributed by atoms with van der Waals surface area (Å²) < 4.78 is 16.8. The highest BCUT2D eigenvalue weighted by Crippen LogP contribution is 2.16. The van der Waals surface area contributed by atoms with Crippen molar-refractivity contribution in [2.75, 3.05) is 6.61 Å². The van der Waals surface area contributed by atoms with E-state index in [2.05, 4.69) is 42.9 Å². The third-order valence-electron chi connectivity index (χ3n) is 3.49. The first kappa shape index (κ1) is 21.0. The van der Waals surface area contributed by atoms with Gasteiger partial charge in [-0.1, -0.05) is 67.7 Å². The summed E-state index contributed by atoms with van der Waals surface area (Å²) in [6, 6.07) is 9.91. The first-order chi connectivity index (χ1) is 12.8. The van der Waals surface area contributed by atoms with Crippen molar-refractivity contribution in [3.8, 4) is 23.3 Å². The maximum atomic E-state index is 11.3. The zero-order valence-electron chi connectivity index (χ0n) is 16.3. The van der Waals surface area contributed by atoms with Crippen molar-refractivity contribution in [2.24, 2.45) is 0 Å². The van der Waals surface area contributed by atoms with Gasteiger partial charge in [0.2, 0.25) is 0 Å². The van der Waals surface area contributed by atoms with Crippen LogP contribution in [0.3, 0.4) is 0 Å². The van der Waals surface area contributed by atoms with E-state index in [1.54, 1.807) is 6.08 Å². The van der Waals surface area contributed by atoms with E-state index in [-0.39, 0.29) is 18.7 Å². The third kappa shape index (κ3) is 8.28. The number of carbonyl (C=O) groups is 1. The van der Waals surface area contributed by atoms with Gasteiger partial charge >= 0.3 is 5.97 Å². The molecule has 0 aliphatic carbocycles. The molecule has 0 fully saturated rings. The number of esters is 1. The van der Waals surface area contributed by atoms with E-state index < -0.39 is 20.3 Å². The van der Waals surface area contributed by atoms with Crippen molar-refractivity contribution in [1.29, 1.82) is 0 Å². The Labute approximate surface area is 162 Å². The Kier molecular flexibility index (Phi) is 7.88. The average Bonchev–Trinajstić information content (AvgIpc) is 2.61. The van der Waals surface area contributed by atoms with Crippen LogP contribution >= 0.6 is 0 Å². The summed E-state index contributed by atoms with van der Waals surface area (Å²) in [4.78, 5) is 11.3. The first-order valence-electron chi connectivity index (χ1n) is 8.97. The van der Waals surface area contributed by atoms with E-state index >= 15 is 0 Å². The third-order valence-corrected chi connectivity index (χ3v) is 4.38. The van der Waals surface area contributed by atoms with Gasteiger partial charge in [0.25, 0.3) is 0 Å². The fraction of sp³-hybridized carbons (Fsp3) is 0.409. The number of carbonyl (C=O) groups excluding carboxylic acids is 1. The topological polar surface area (TPSA) is 44.8 Å². The number of ether oxygens (including phenoxy) is 3. The largest absolute Gasteiger partial charge is 0.454 e. The minimum atomic E-state index is -1.49. The number of hydrogen-bond donors (Lipinski definition) is 0. The van der Waals surface area contributed by atoms with Crippen LogP contribution in [0.1, 0.15) is 12.5 Å². The van der Waals surface area contributed by atoms with E-state index in [4.69, 9.17) is 14.2 Å². The summed E-state index contributed by atoms with van der Waals surface area (Å²) in [7, 11) is -1.49. The van der Waals surface area contributed by atoms with Gasteiger partial charge in [-0.25, -0.2) is 0 Å². The van der Waals surface area contributed by atoms with E-state index in [1.807, 2.05) is 36.4 Å². The Morgan fingerprint density at radius 3 is 2.56 bits per heavy atom. The molecule has 1 aliphatic heterocycles. The van der Waals surface area contributed by atoms with Gasteiger partial charge < -0.3 is 14.2 Å². The predicted octanol–water partition coefficient (Wildman–Crippen LogP) is 3.34. The van der Waals surface area contributed by atoms with Crippen molar-refractivity contribution in [3.05, 3.63) is 48.0 Å². The molecule has 4 nitrogen and oxygen atoms in total. The minimum Gasteiger partial charge on any atom is -0.454 e. The molecule has 1 heterocycles. The average molecular weight is 383 g/mol. The smallest absolute Gasteiger partial charge is 0.303 e. The van der Waals surface area contributed by atoms with Crippen LogP contribution in [0.4, 0.5) is 0 Å². The monoisotopic (exact) mass is 382 g/mol. The standard InChI is InChI=1S/C22H26O4Si/c1-18(23)25-22-13-12-20(14-16-27(2,3)4)26-21(22)11-8-15-24-17-19-9-6-5-7-10-19/h5-7,9-10,12-13,20-22H,15,17H2,1-4H3/t20-,21+,22-/m0/s1. The SMILES string of the molecule is CC(=O)O[C@H]1C=C[C@@H](C#C[Si](C)(C)C)O[C@@H]1C#CCOCc1ccccc1. The molecule has 27 heavy (non-hydrogen) atoms. The minimum absolute atomic E-state index is 0.274. The van der Waals surface area contributed by atoms with Crippen LogP contribution in [0.5, 0.6) is 0 Å². The molecule has 1 aliphatic rings. The zero-order valence-corrected chi connectivity index (χ0v) is 17.3. The molecule has 0 N–H and O–H groups in total. The molecule has 142 valence electrons. The molecule has 3 atom stereocenters. The van der Waals surface area contributed by atoms with Crippen molar-refractivity contribution >= 4 is 14.0 Å². The molecule has 1 aromatic carbocycles. The molecule has 0 saturated heterocycles. The number of hydrogen-bond acceptors (Lipinski definition) is 4. The molecule has 5 heteroatoms. The van der Waals surface area contributed by atoms with Gasteiger partial charge in [-0.3, -0.25) is 4.79 Å². The summed E-state index contributed by atoms with van der Waals surface area (Å²) in [6.07, 6.45) is 2.20. The second-order valence-electron chi connectivity index (χ2n) is 7.26. The summed E-state index contributed by atoms with van der Waals surface area (Å²) >= 11 is 0. The van der Waals surface area contributed by atoms with Crippen molar-refractivity contribution in [3.63, 3.8) is 0 Å². The summed E-state index contributed by atoms with van der Waals surface area (Å²) in [5.41, 5.74) is 4.39. The molecular weight excluding hydrogens is 356 g/mol. The lowest BCUT2D eigenvalue weighted by atomic mass is 10.1. The van der Waals surface area contributed by atoms with Crippen LogP contribution in [-0.4, -0.2) is 39.0 Å². The zero-order chi connectivity index (χ0) is 19.7. The van der Waals surface area contributed by atoms with Crippen LogP contribution in [0.2, 0.25) is 19.6 Å². The Morgan fingerprint density at radius 2 is 1.89 bits per heavy atom. The lowest BCUT2D eigenvalue weighted by molar-refractivity contribution is -0.150.